The third kappa shape index (κ3) is 4.69. The Morgan fingerprint density at radius 2 is 1.84 bits per heavy atom. The van der Waals surface area contributed by atoms with Crippen LogP contribution in [0.2, 0.25) is 0 Å². The first-order chi connectivity index (χ1) is 8.91. The number of hydrogen-bond donors (Lipinski definition) is 4. The van der Waals surface area contributed by atoms with Crippen molar-refractivity contribution in [3.05, 3.63) is 35.4 Å². The lowest BCUT2D eigenvalue weighted by molar-refractivity contribution is -0.137. The van der Waals surface area contributed by atoms with Gasteiger partial charge >= 0.3 is 5.97 Å². The van der Waals surface area contributed by atoms with Crippen LogP contribution in [0.1, 0.15) is 30.1 Å². The molecule has 1 amide bonds. The molecule has 19 heavy (non-hydrogen) atoms. The summed E-state index contributed by atoms with van der Waals surface area (Å²) in [5.41, 5.74) is 6.00. The van der Waals surface area contributed by atoms with E-state index in [4.69, 9.17) is 10.8 Å². The van der Waals surface area contributed by atoms with Gasteiger partial charge in [0.15, 0.2) is 0 Å². The number of aliphatic carboxylic acids is 1. The number of nitrogens with two attached hydrogens (primary N) is 1. The summed E-state index contributed by atoms with van der Waals surface area (Å²) in [6.07, 6.45) is -2.75. The van der Waals surface area contributed by atoms with Crippen LogP contribution < -0.4 is 5.73 Å². The molecule has 6 nitrogen and oxygen atoms in total. The van der Waals surface area contributed by atoms with Gasteiger partial charge in [0.1, 0.15) is 6.10 Å². The molecule has 0 aliphatic carbocycles. The molecular weight excluding hydrogens is 250 g/mol. The van der Waals surface area contributed by atoms with Crippen LogP contribution in [0, 0.1) is 0 Å². The topological polar surface area (TPSA) is 121 Å². The van der Waals surface area contributed by atoms with Crippen molar-refractivity contribution in [1.29, 1.82) is 0 Å². The van der Waals surface area contributed by atoms with E-state index >= 15 is 0 Å². The molecule has 0 aliphatic heterocycles. The monoisotopic (exact) mass is 267 g/mol. The van der Waals surface area contributed by atoms with Crippen molar-refractivity contribution in [1.82, 2.24) is 0 Å². The lowest BCUT2D eigenvalue weighted by Crippen LogP contribution is -2.26. The lowest BCUT2D eigenvalue weighted by Gasteiger charge is -2.19. The molecule has 6 heteroatoms. The summed E-state index contributed by atoms with van der Waals surface area (Å²) in [5, 5.41) is 28.3. The molecule has 1 rings (SSSR count). The number of rotatable bonds is 7. The maximum Gasteiger partial charge on any atom is 0.303 e. The number of primary amides is 1. The van der Waals surface area contributed by atoms with Gasteiger partial charge in [-0.25, -0.2) is 0 Å². The van der Waals surface area contributed by atoms with Crippen molar-refractivity contribution in [2.24, 2.45) is 5.73 Å². The Bertz CT molecular complexity index is 460. The van der Waals surface area contributed by atoms with E-state index < -0.39 is 24.1 Å². The summed E-state index contributed by atoms with van der Waals surface area (Å²) in [4.78, 5) is 21.3. The number of aliphatic hydroxyl groups excluding tert-OH is 2. The summed E-state index contributed by atoms with van der Waals surface area (Å²) in [5.74, 6) is -1.66. The molecule has 0 saturated heterocycles. The number of carboxylic acids is 1. The molecule has 2 atom stereocenters. The normalized spacial score (nSPS) is 13.8. The summed E-state index contributed by atoms with van der Waals surface area (Å²) in [6, 6.07) is 6.65. The van der Waals surface area contributed by atoms with Crippen LogP contribution in [0.5, 0.6) is 0 Å². The smallest absolute Gasteiger partial charge is 0.303 e. The van der Waals surface area contributed by atoms with Crippen LogP contribution in [0.25, 0.3) is 0 Å². The van der Waals surface area contributed by atoms with Crippen molar-refractivity contribution in [3.63, 3.8) is 0 Å². The minimum Gasteiger partial charge on any atom is -0.481 e. The SMILES string of the molecule is NC(=O)CC(O)C(O)c1ccccc1CCC(=O)O. The molecule has 0 aromatic heterocycles. The summed E-state index contributed by atoms with van der Waals surface area (Å²) in [7, 11) is 0. The second-order valence-electron chi connectivity index (χ2n) is 4.28. The Balaban J connectivity index is 2.86. The van der Waals surface area contributed by atoms with Crippen molar-refractivity contribution in [2.75, 3.05) is 0 Å². The van der Waals surface area contributed by atoms with Crippen LogP contribution in [0.3, 0.4) is 0 Å². The van der Waals surface area contributed by atoms with E-state index in [1.54, 1.807) is 24.3 Å². The first kappa shape index (κ1) is 15.1. The summed E-state index contributed by atoms with van der Waals surface area (Å²) in [6.45, 7) is 0. The zero-order valence-corrected chi connectivity index (χ0v) is 10.3. The zero-order valence-electron chi connectivity index (χ0n) is 10.3. The van der Waals surface area contributed by atoms with Gasteiger partial charge in [0.25, 0.3) is 0 Å². The van der Waals surface area contributed by atoms with Gasteiger partial charge < -0.3 is 21.1 Å². The molecule has 0 heterocycles. The minimum absolute atomic E-state index is 0.0738. The van der Waals surface area contributed by atoms with E-state index in [-0.39, 0.29) is 19.3 Å². The van der Waals surface area contributed by atoms with Crippen molar-refractivity contribution >= 4 is 11.9 Å². The second kappa shape index (κ2) is 6.86. The van der Waals surface area contributed by atoms with Crippen molar-refractivity contribution < 1.29 is 24.9 Å². The van der Waals surface area contributed by atoms with Gasteiger partial charge in [-0.05, 0) is 17.5 Å². The highest BCUT2D eigenvalue weighted by molar-refractivity contribution is 5.74. The molecule has 0 saturated carbocycles. The fourth-order valence-corrected chi connectivity index (χ4v) is 1.82. The molecule has 0 aliphatic rings. The molecule has 5 N–H and O–H groups in total. The first-order valence-electron chi connectivity index (χ1n) is 5.86. The molecular formula is C13H17NO5. The number of carbonyl (C=O) groups is 2. The van der Waals surface area contributed by atoms with Gasteiger partial charge in [0.05, 0.1) is 12.5 Å². The highest BCUT2D eigenvalue weighted by Gasteiger charge is 2.22. The van der Waals surface area contributed by atoms with Crippen molar-refractivity contribution in [2.45, 2.75) is 31.5 Å². The number of benzene rings is 1. The second-order valence-corrected chi connectivity index (χ2v) is 4.28. The quantitative estimate of drug-likeness (QED) is 0.553. The Hall–Kier alpha value is -1.92. The average Bonchev–Trinajstić information content (AvgIpc) is 2.35. The zero-order chi connectivity index (χ0) is 14.4. The molecule has 0 spiro atoms. The molecule has 1 aromatic rings. The highest BCUT2D eigenvalue weighted by atomic mass is 16.4. The first-order valence-corrected chi connectivity index (χ1v) is 5.86. The maximum atomic E-state index is 10.7. The fraction of sp³-hybridized carbons (Fsp3) is 0.385. The Morgan fingerprint density at radius 1 is 1.21 bits per heavy atom. The van der Waals surface area contributed by atoms with Gasteiger partial charge in [-0.2, -0.15) is 0 Å². The highest BCUT2D eigenvalue weighted by Crippen LogP contribution is 2.23. The third-order valence-electron chi connectivity index (χ3n) is 2.76. The largest absolute Gasteiger partial charge is 0.481 e. The number of aliphatic hydroxyl groups is 2. The molecule has 0 fully saturated rings. The summed E-state index contributed by atoms with van der Waals surface area (Å²) >= 11 is 0. The molecule has 104 valence electrons. The van der Waals surface area contributed by atoms with Crippen LogP contribution in [-0.2, 0) is 16.0 Å². The van der Waals surface area contributed by atoms with Gasteiger partial charge in [-0.1, -0.05) is 24.3 Å². The van der Waals surface area contributed by atoms with E-state index in [1.807, 2.05) is 0 Å². The van der Waals surface area contributed by atoms with E-state index in [0.29, 0.717) is 11.1 Å². The Morgan fingerprint density at radius 3 is 2.42 bits per heavy atom. The standard InChI is InChI=1S/C13H17NO5/c14-11(16)7-10(15)13(19)9-4-2-1-3-8(9)5-6-12(17)18/h1-4,10,13,15,19H,5-7H2,(H2,14,16)(H,17,18). The molecule has 1 aromatic carbocycles. The van der Waals surface area contributed by atoms with Gasteiger partial charge in [-0.3, -0.25) is 9.59 Å². The fourth-order valence-electron chi connectivity index (χ4n) is 1.82. The predicted molar refractivity (Wildman–Crippen MR) is 67.2 cm³/mol. The maximum absolute atomic E-state index is 10.7. The van der Waals surface area contributed by atoms with E-state index in [0.717, 1.165) is 0 Å². The van der Waals surface area contributed by atoms with Crippen LogP contribution >= 0.6 is 0 Å². The number of carbonyl (C=O) groups excluding carboxylic acids is 1. The average molecular weight is 267 g/mol. The number of carboxylic acid groups (broad SMARTS) is 1. The number of hydrogen-bond acceptors (Lipinski definition) is 4. The van der Waals surface area contributed by atoms with E-state index in [2.05, 4.69) is 0 Å². The number of amides is 1. The van der Waals surface area contributed by atoms with Crippen molar-refractivity contribution in [3.8, 4) is 0 Å². The van der Waals surface area contributed by atoms with Gasteiger partial charge in [-0.15, -0.1) is 0 Å². The van der Waals surface area contributed by atoms with E-state index in [1.165, 1.54) is 0 Å². The third-order valence-corrected chi connectivity index (χ3v) is 2.76. The van der Waals surface area contributed by atoms with Gasteiger partial charge in [0.2, 0.25) is 5.91 Å². The van der Waals surface area contributed by atoms with Crippen LogP contribution in [0.15, 0.2) is 24.3 Å². The van der Waals surface area contributed by atoms with Gasteiger partial charge in [0, 0.05) is 6.42 Å². The lowest BCUT2D eigenvalue weighted by atomic mass is 9.94. The Labute approximate surface area is 110 Å². The molecule has 0 bridgehead atoms. The number of aryl methyl sites for hydroxylation is 1. The minimum atomic E-state index is -1.30. The molecule has 0 radical (unpaired) electrons. The van der Waals surface area contributed by atoms with Crippen LogP contribution in [0.4, 0.5) is 0 Å². The Kier molecular flexibility index (Phi) is 5.47. The predicted octanol–water partition coefficient (Wildman–Crippen LogP) is -0.0265. The molecule has 2 unspecified atom stereocenters. The summed E-state index contributed by atoms with van der Waals surface area (Å²) < 4.78 is 0. The van der Waals surface area contributed by atoms with Crippen LogP contribution in [-0.4, -0.2) is 33.3 Å². The van der Waals surface area contributed by atoms with E-state index in [9.17, 15) is 19.8 Å².